The van der Waals surface area contributed by atoms with E-state index in [1.807, 2.05) is 42.5 Å². The number of fused-ring (bicyclic) bond motifs is 1. The summed E-state index contributed by atoms with van der Waals surface area (Å²) < 4.78 is 0. The minimum absolute atomic E-state index is 0. The number of rotatable bonds is 2. The molecule has 0 atom stereocenters. The van der Waals surface area contributed by atoms with Crippen LogP contribution in [0.25, 0.3) is 12.2 Å². The Kier molecular flexibility index (Phi) is 5.25. The zero-order valence-electron chi connectivity index (χ0n) is 13.8. The first-order chi connectivity index (χ1) is 11.7. The number of Topliss-reactive ketones (excluding diaryl/α,β-unsaturated/α-hetero) is 1. The Morgan fingerprint density at radius 1 is 1.12 bits per heavy atom. The number of allylic oxidation sites excluding steroid dienone is 2. The molecule has 1 aromatic carbocycles. The number of nitrogen functional groups attached to an aromatic ring is 1. The fourth-order valence-electron chi connectivity index (χ4n) is 3.22. The van der Waals surface area contributed by atoms with Gasteiger partial charge in [-0.2, -0.15) is 0 Å². The van der Waals surface area contributed by atoms with Crippen molar-refractivity contribution < 1.29 is 22.2 Å². The number of nitrogens with zero attached hydrogens (tertiary/aromatic N) is 1. The van der Waals surface area contributed by atoms with Crippen molar-refractivity contribution in [1.29, 1.82) is 0 Å². The van der Waals surface area contributed by atoms with Gasteiger partial charge in [-0.05, 0) is 30.9 Å². The first-order valence-electron chi connectivity index (χ1n) is 8.32. The van der Waals surface area contributed by atoms with Crippen molar-refractivity contribution in [3.63, 3.8) is 0 Å². The molecule has 0 unspecified atom stereocenters. The van der Waals surface area contributed by atoms with Gasteiger partial charge in [0.25, 0.3) is 5.13 Å². The Bertz CT molecular complexity index is 850. The Balaban J connectivity index is 0.00000182. The number of H-pyrrole nitrogens is 1. The van der Waals surface area contributed by atoms with Gasteiger partial charge in [0.15, 0.2) is 5.78 Å². The van der Waals surface area contributed by atoms with Gasteiger partial charge >= 0.3 is 0 Å². The van der Waals surface area contributed by atoms with Gasteiger partial charge in [-0.1, -0.05) is 47.8 Å². The lowest BCUT2D eigenvalue weighted by molar-refractivity contribution is -0.340. The number of piperidine rings is 1. The van der Waals surface area contributed by atoms with Crippen LogP contribution in [0.3, 0.4) is 0 Å². The first kappa shape index (κ1) is 17.7. The molecule has 1 aliphatic carbocycles. The molecule has 0 bridgehead atoms. The van der Waals surface area contributed by atoms with E-state index in [2.05, 4.69) is 9.88 Å². The molecule has 1 saturated heterocycles. The second-order valence-electron chi connectivity index (χ2n) is 6.21. The van der Waals surface area contributed by atoms with Crippen LogP contribution >= 0.6 is 11.3 Å². The number of halogens is 1. The predicted molar refractivity (Wildman–Crippen MR) is 99.1 cm³/mol. The molecule has 0 amide bonds. The highest BCUT2D eigenvalue weighted by atomic mass is 35.5. The molecule has 2 aliphatic rings. The SMILES string of the molecule is Nc1[nH+]c(N2CCCCC2)sc1C=C1C=Cc2ccccc2C1=O.[Cl-]. The summed E-state index contributed by atoms with van der Waals surface area (Å²) in [4.78, 5) is 19.2. The van der Waals surface area contributed by atoms with E-state index in [1.54, 1.807) is 11.3 Å². The zero-order chi connectivity index (χ0) is 16.5. The Morgan fingerprint density at radius 3 is 2.68 bits per heavy atom. The number of hydrogen-bond acceptors (Lipinski definition) is 4. The van der Waals surface area contributed by atoms with Crippen molar-refractivity contribution in [3.05, 3.63) is 51.9 Å². The second kappa shape index (κ2) is 7.42. The summed E-state index contributed by atoms with van der Waals surface area (Å²) in [7, 11) is 0. The summed E-state index contributed by atoms with van der Waals surface area (Å²) in [6, 6.07) is 7.68. The lowest BCUT2D eigenvalue weighted by Crippen LogP contribution is -3.00. The third-order valence-electron chi connectivity index (χ3n) is 4.55. The summed E-state index contributed by atoms with van der Waals surface area (Å²) >= 11 is 1.63. The third-order valence-corrected chi connectivity index (χ3v) is 5.66. The highest BCUT2D eigenvalue weighted by Crippen LogP contribution is 2.30. The molecule has 3 N–H and O–H groups in total. The topological polar surface area (TPSA) is 60.5 Å². The average Bonchev–Trinajstić information content (AvgIpc) is 2.99. The van der Waals surface area contributed by atoms with Gasteiger partial charge in [-0.3, -0.25) is 9.69 Å². The predicted octanol–water partition coefficient (Wildman–Crippen LogP) is 0.432. The van der Waals surface area contributed by atoms with E-state index in [4.69, 9.17) is 5.73 Å². The van der Waals surface area contributed by atoms with Gasteiger partial charge in [0.05, 0.1) is 13.1 Å². The van der Waals surface area contributed by atoms with Crippen LogP contribution in [0.2, 0.25) is 0 Å². The minimum Gasteiger partial charge on any atom is -1.00 e. The van der Waals surface area contributed by atoms with Crippen molar-refractivity contribution in [2.45, 2.75) is 19.3 Å². The summed E-state index contributed by atoms with van der Waals surface area (Å²) in [6.45, 7) is 2.14. The molecule has 2 aromatic rings. The van der Waals surface area contributed by atoms with E-state index in [-0.39, 0.29) is 18.2 Å². The van der Waals surface area contributed by atoms with Crippen LogP contribution in [0.1, 0.15) is 40.1 Å². The number of ketones is 1. The molecular weight excluding hydrogens is 354 g/mol. The van der Waals surface area contributed by atoms with Gasteiger partial charge in [0, 0.05) is 11.1 Å². The molecule has 4 rings (SSSR count). The van der Waals surface area contributed by atoms with E-state index in [9.17, 15) is 4.79 Å². The molecule has 1 aromatic heterocycles. The molecular formula is C19H20ClN3OS. The fraction of sp³-hybridized carbons (Fsp3) is 0.263. The number of hydrogen-bond donors (Lipinski definition) is 1. The van der Waals surface area contributed by atoms with Crippen LogP contribution in [-0.4, -0.2) is 18.9 Å². The number of nitrogens with two attached hydrogens (primary N) is 1. The van der Waals surface area contributed by atoms with Gasteiger partial charge in [-0.15, -0.1) is 0 Å². The molecule has 6 heteroatoms. The zero-order valence-corrected chi connectivity index (χ0v) is 15.4. The van der Waals surface area contributed by atoms with Crippen molar-refractivity contribution in [2.24, 2.45) is 0 Å². The molecule has 0 saturated carbocycles. The first-order valence-corrected chi connectivity index (χ1v) is 9.14. The summed E-state index contributed by atoms with van der Waals surface area (Å²) in [5.74, 6) is 0.688. The number of aromatic amines is 1. The minimum atomic E-state index is 0. The van der Waals surface area contributed by atoms with Crippen molar-refractivity contribution in [3.8, 4) is 0 Å². The third kappa shape index (κ3) is 3.48. The van der Waals surface area contributed by atoms with Crippen molar-refractivity contribution in [2.75, 3.05) is 23.7 Å². The molecule has 130 valence electrons. The van der Waals surface area contributed by atoms with Gasteiger partial charge in [0.2, 0.25) is 5.82 Å². The maximum Gasteiger partial charge on any atom is 0.280 e. The number of benzene rings is 1. The normalized spacial score (nSPS) is 18.2. The van der Waals surface area contributed by atoms with E-state index < -0.39 is 0 Å². The lowest BCUT2D eigenvalue weighted by Gasteiger charge is -2.21. The fourth-order valence-corrected chi connectivity index (χ4v) is 4.25. The summed E-state index contributed by atoms with van der Waals surface area (Å²) in [5.41, 5.74) is 8.56. The highest BCUT2D eigenvalue weighted by Gasteiger charge is 2.23. The van der Waals surface area contributed by atoms with Gasteiger partial charge in [-0.25, -0.2) is 4.98 Å². The quantitative estimate of drug-likeness (QED) is 0.777. The van der Waals surface area contributed by atoms with E-state index in [0.717, 1.165) is 34.2 Å². The molecule has 0 radical (unpaired) electrons. The van der Waals surface area contributed by atoms with Crippen molar-refractivity contribution in [1.82, 2.24) is 0 Å². The van der Waals surface area contributed by atoms with Crippen molar-refractivity contribution >= 4 is 40.2 Å². The average molecular weight is 374 g/mol. The number of aromatic nitrogens is 1. The van der Waals surface area contributed by atoms with Gasteiger partial charge in [0.1, 0.15) is 4.88 Å². The van der Waals surface area contributed by atoms with Crippen LogP contribution in [0, 0.1) is 0 Å². The summed E-state index contributed by atoms with van der Waals surface area (Å²) in [5, 5.41) is 1.09. The van der Waals surface area contributed by atoms with Crippen LogP contribution in [0.4, 0.5) is 10.9 Å². The van der Waals surface area contributed by atoms with E-state index in [1.165, 1.54) is 19.3 Å². The number of nitrogens with one attached hydrogen (secondary N) is 1. The smallest absolute Gasteiger partial charge is 0.280 e. The van der Waals surface area contributed by atoms with Crippen LogP contribution in [-0.2, 0) is 0 Å². The standard InChI is InChI=1S/C19H19N3OS.ClH/c20-18-16(24-19(21-18)22-10-4-1-5-11-22)12-14-9-8-13-6-2-3-7-15(13)17(14)23;/h2-3,6-9,12H,1,4-5,10-11,20H2;1H. The number of anilines is 2. The molecule has 0 spiro atoms. The van der Waals surface area contributed by atoms with E-state index >= 15 is 0 Å². The number of thiazole rings is 1. The van der Waals surface area contributed by atoms with E-state index in [0.29, 0.717) is 11.4 Å². The lowest BCUT2D eigenvalue weighted by atomic mass is 9.92. The Hall–Kier alpha value is -2.11. The molecule has 4 nitrogen and oxygen atoms in total. The van der Waals surface area contributed by atoms with Crippen LogP contribution < -0.4 is 28.0 Å². The molecule has 1 fully saturated rings. The van der Waals surface area contributed by atoms with Crippen LogP contribution in [0.5, 0.6) is 0 Å². The Morgan fingerprint density at radius 2 is 1.88 bits per heavy atom. The highest BCUT2D eigenvalue weighted by molar-refractivity contribution is 7.16. The van der Waals surface area contributed by atoms with Gasteiger partial charge < -0.3 is 18.1 Å². The monoisotopic (exact) mass is 373 g/mol. The maximum atomic E-state index is 12.7. The number of carbonyl (C=O) groups is 1. The molecule has 2 heterocycles. The second-order valence-corrected chi connectivity index (χ2v) is 7.24. The molecule has 1 aliphatic heterocycles. The number of carbonyl (C=O) groups excluding carboxylic acids is 1. The largest absolute Gasteiger partial charge is 1.00 e. The maximum absolute atomic E-state index is 12.7. The molecule has 25 heavy (non-hydrogen) atoms. The summed E-state index contributed by atoms with van der Waals surface area (Å²) in [6.07, 6.45) is 9.51. The Labute approximate surface area is 157 Å². The van der Waals surface area contributed by atoms with Crippen LogP contribution in [0.15, 0.2) is 35.9 Å².